The standard InChI is InChI=1S/C18H25FN2O3S/c1-13(2)21(16-7-8-16)18(22)14-4-3-11-20(12-14)25(23,24)17-9-5-15(19)6-10-17/h5-6,9-10,13-14,16H,3-4,7-8,11-12H2,1-2H3. The summed E-state index contributed by atoms with van der Waals surface area (Å²) in [6, 6.07) is 5.29. The molecule has 2 fully saturated rings. The lowest BCUT2D eigenvalue weighted by atomic mass is 9.97. The molecule has 0 aromatic heterocycles. The summed E-state index contributed by atoms with van der Waals surface area (Å²) >= 11 is 0. The van der Waals surface area contributed by atoms with E-state index in [0.717, 1.165) is 25.0 Å². The number of rotatable bonds is 5. The Morgan fingerprint density at radius 3 is 2.40 bits per heavy atom. The van der Waals surface area contributed by atoms with Crippen molar-refractivity contribution in [3.8, 4) is 0 Å². The number of halogens is 1. The Morgan fingerprint density at radius 2 is 1.84 bits per heavy atom. The van der Waals surface area contributed by atoms with E-state index in [2.05, 4.69) is 0 Å². The van der Waals surface area contributed by atoms with Crippen molar-refractivity contribution in [3.63, 3.8) is 0 Å². The Kier molecular flexibility index (Phi) is 5.16. The zero-order valence-corrected chi connectivity index (χ0v) is 15.5. The average molecular weight is 368 g/mol. The number of benzene rings is 1. The van der Waals surface area contributed by atoms with Gasteiger partial charge in [0.05, 0.1) is 10.8 Å². The van der Waals surface area contributed by atoms with Crippen LogP contribution in [0, 0.1) is 11.7 Å². The number of sulfonamides is 1. The first-order chi connectivity index (χ1) is 11.8. The molecule has 138 valence electrons. The van der Waals surface area contributed by atoms with Crippen LogP contribution in [-0.2, 0) is 14.8 Å². The van der Waals surface area contributed by atoms with Gasteiger partial charge in [-0.1, -0.05) is 0 Å². The van der Waals surface area contributed by atoms with E-state index in [1.165, 1.54) is 16.4 Å². The van der Waals surface area contributed by atoms with Crippen LogP contribution in [0.4, 0.5) is 4.39 Å². The maximum Gasteiger partial charge on any atom is 0.243 e. The second-order valence-electron chi connectivity index (χ2n) is 7.23. The second-order valence-corrected chi connectivity index (χ2v) is 9.16. The number of carbonyl (C=O) groups is 1. The quantitative estimate of drug-likeness (QED) is 0.803. The summed E-state index contributed by atoms with van der Waals surface area (Å²) in [5.41, 5.74) is 0. The summed E-state index contributed by atoms with van der Waals surface area (Å²) in [5, 5.41) is 0. The molecule has 1 aromatic carbocycles. The first-order valence-corrected chi connectivity index (χ1v) is 10.3. The van der Waals surface area contributed by atoms with Crippen LogP contribution in [0.2, 0.25) is 0 Å². The van der Waals surface area contributed by atoms with Crippen molar-refractivity contribution < 1.29 is 17.6 Å². The van der Waals surface area contributed by atoms with Gasteiger partial charge in [-0.15, -0.1) is 0 Å². The minimum Gasteiger partial charge on any atom is -0.337 e. The van der Waals surface area contributed by atoms with E-state index < -0.39 is 15.8 Å². The molecule has 0 spiro atoms. The van der Waals surface area contributed by atoms with Gasteiger partial charge in [-0.2, -0.15) is 4.31 Å². The molecule has 2 aliphatic rings. The summed E-state index contributed by atoms with van der Waals surface area (Å²) < 4.78 is 40.0. The van der Waals surface area contributed by atoms with Crippen LogP contribution >= 0.6 is 0 Å². The van der Waals surface area contributed by atoms with Gasteiger partial charge >= 0.3 is 0 Å². The third kappa shape index (κ3) is 3.87. The minimum atomic E-state index is -3.70. The van der Waals surface area contributed by atoms with Gasteiger partial charge in [0, 0.05) is 25.2 Å². The number of piperidine rings is 1. The van der Waals surface area contributed by atoms with E-state index >= 15 is 0 Å². The van der Waals surface area contributed by atoms with Gasteiger partial charge in [0.1, 0.15) is 5.82 Å². The number of carbonyl (C=O) groups excluding carboxylic acids is 1. The highest BCUT2D eigenvalue weighted by atomic mass is 32.2. The summed E-state index contributed by atoms with van der Waals surface area (Å²) in [7, 11) is -3.70. The number of hydrogen-bond donors (Lipinski definition) is 0. The van der Waals surface area contributed by atoms with Crippen LogP contribution in [0.25, 0.3) is 0 Å². The Balaban J connectivity index is 1.76. The minimum absolute atomic E-state index is 0.0662. The van der Waals surface area contributed by atoms with Gasteiger partial charge in [-0.05, 0) is 63.8 Å². The number of hydrogen-bond acceptors (Lipinski definition) is 3. The maximum atomic E-state index is 13.1. The van der Waals surface area contributed by atoms with E-state index in [9.17, 15) is 17.6 Å². The molecule has 1 aromatic rings. The van der Waals surface area contributed by atoms with Gasteiger partial charge in [0.15, 0.2) is 0 Å². The molecule has 1 heterocycles. The van der Waals surface area contributed by atoms with E-state index in [-0.39, 0.29) is 29.3 Å². The Bertz CT molecular complexity index is 727. The Morgan fingerprint density at radius 1 is 1.20 bits per heavy atom. The Labute approximate surface area is 148 Å². The van der Waals surface area contributed by atoms with Crippen molar-refractivity contribution >= 4 is 15.9 Å². The average Bonchev–Trinajstić information content (AvgIpc) is 3.40. The smallest absolute Gasteiger partial charge is 0.243 e. The first kappa shape index (κ1) is 18.3. The third-order valence-corrected chi connectivity index (χ3v) is 6.82. The highest BCUT2D eigenvalue weighted by Crippen LogP contribution is 2.32. The topological polar surface area (TPSA) is 57.7 Å². The number of amides is 1. The fraction of sp³-hybridized carbons (Fsp3) is 0.611. The molecule has 1 aliphatic heterocycles. The molecule has 25 heavy (non-hydrogen) atoms. The summed E-state index contributed by atoms with van der Waals surface area (Å²) in [5.74, 6) is -0.703. The predicted molar refractivity (Wildman–Crippen MR) is 92.9 cm³/mol. The Hall–Kier alpha value is -1.47. The zero-order valence-electron chi connectivity index (χ0n) is 14.7. The lowest BCUT2D eigenvalue weighted by Gasteiger charge is -2.36. The van der Waals surface area contributed by atoms with Gasteiger partial charge in [0.2, 0.25) is 15.9 Å². The van der Waals surface area contributed by atoms with Crippen LogP contribution in [0.15, 0.2) is 29.2 Å². The molecular weight excluding hydrogens is 343 g/mol. The fourth-order valence-corrected chi connectivity index (χ4v) is 5.06. The predicted octanol–water partition coefficient (Wildman–Crippen LogP) is 2.63. The van der Waals surface area contributed by atoms with E-state index in [1.807, 2.05) is 18.7 Å². The maximum absolute atomic E-state index is 13.1. The SMILES string of the molecule is CC(C)N(C(=O)C1CCCN(S(=O)(=O)c2ccc(F)cc2)C1)C1CC1. The lowest BCUT2D eigenvalue weighted by molar-refractivity contribution is -0.139. The summed E-state index contributed by atoms with van der Waals surface area (Å²) in [6.45, 7) is 4.61. The molecule has 1 unspecified atom stereocenters. The molecule has 7 heteroatoms. The van der Waals surface area contributed by atoms with Crippen LogP contribution in [0.5, 0.6) is 0 Å². The van der Waals surface area contributed by atoms with Gasteiger partial charge in [-0.3, -0.25) is 4.79 Å². The molecule has 0 bridgehead atoms. The molecule has 0 N–H and O–H groups in total. The molecule has 0 radical (unpaired) electrons. The second kappa shape index (κ2) is 7.03. The van der Waals surface area contributed by atoms with Crippen LogP contribution in [-0.4, -0.2) is 48.7 Å². The van der Waals surface area contributed by atoms with Crippen molar-refractivity contribution in [1.29, 1.82) is 0 Å². The van der Waals surface area contributed by atoms with Crippen LogP contribution < -0.4 is 0 Å². The van der Waals surface area contributed by atoms with E-state index in [0.29, 0.717) is 25.4 Å². The van der Waals surface area contributed by atoms with Gasteiger partial charge in [-0.25, -0.2) is 12.8 Å². The summed E-state index contributed by atoms with van der Waals surface area (Å²) in [4.78, 5) is 14.9. The van der Waals surface area contributed by atoms with Crippen molar-refractivity contribution in [3.05, 3.63) is 30.1 Å². The highest BCUT2D eigenvalue weighted by molar-refractivity contribution is 7.89. The molecule has 3 rings (SSSR count). The van der Waals surface area contributed by atoms with E-state index in [4.69, 9.17) is 0 Å². The normalized spacial score (nSPS) is 22.2. The molecule has 5 nitrogen and oxygen atoms in total. The molecule has 1 saturated heterocycles. The van der Waals surface area contributed by atoms with Gasteiger partial charge in [0.25, 0.3) is 0 Å². The molecule has 1 aliphatic carbocycles. The lowest BCUT2D eigenvalue weighted by Crippen LogP contribution is -2.49. The fourth-order valence-electron chi connectivity index (χ4n) is 3.54. The molecule has 1 atom stereocenters. The zero-order chi connectivity index (χ0) is 18.2. The molecule has 1 amide bonds. The monoisotopic (exact) mass is 368 g/mol. The third-order valence-electron chi connectivity index (χ3n) is 4.94. The van der Waals surface area contributed by atoms with Crippen molar-refractivity contribution in [2.45, 2.75) is 56.5 Å². The highest BCUT2D eigenvalue weighted by Gasteiger charge is 2.40. The van der Waals surface area contributed by atoms with Crippen LogP contribution in [0.3, 0.4) is 0 Å². The van der Waals surface area contributed by atoms with Crippen LogP contribution in [0.1, 0.15) is 39.5 Å². The first-order valence-electron chi connectivity index (χ1n) is 8.88. The summed E-state index contributed by atoms with van der Waals surface area (Å²) in [6.07, 6.45) is 3.44. The number of nitrogens with zero attached hydrogens (tertiary/aromatic N) is 2. The van der Waals surface area contributed by atoms with Gasteiger partial charge < -0.3 is 4.90 Å². The van der Waals surface area contributed by atoms with Crippen molar-refractivity contribution in [2.24, 2.45) is 5.92 Å². The molecular formula is C18H25FN2O3S. The van der Waals surface area contributed by atoms with Crippen molar-refractivity contribution in [2.75, 3.05) is 13.1 Å². The van der Waals surface area contributed by atoms with E-state index in [1.54, 1.807) is 0 Å². The molecule has 1 saturated carbocycles. The largest absolute Gasteiger partial charge is 0.337 e. The van der Waals surface area contributed by atoms with Crippen molar-refractivity contribution in [1.82, 2.24) is 9.21 Å².